The molecule has 1 aliphatic carbocycles. The summed E-state index contributed by atoms with van der Waals surface area (Å²) in [6, 6.07) is 9.02. The van der Waals surface area contributed by atoms with Gasteiger partial charge in [-0.2, -0.15) is 10.4 Å². The van der Waals surface area contributed by atoms with Gasteiger partial charge in [0.2, 0.25) is 0 Å². The minimum atomic E-state index is 0.217. The normalized spacial score (nSPS) is 13.9. The molecule has 0 saturated carbocycles. The number of phenolic OH excluding ortho intramolecular Hbond substituents is 1. The highest BCUT2D eigenvalue weighted by molar-refractivity contribution is 5.45. The van der Waals surface area contributed by atoms with Crippen molar-refractivity contribution in [3.8, 4) is 17.5 Å². The third-order valence-corrected chi connectivity index (χ3v) is 3.36. The zero-order valence-electron chi connectivity index (χ0n) is 9.93. The Morgan fingerprint density at radius 1 is 1.17 bits per heavy atom. The fourth-order valence-corrected chi connectivity index (χ4v) is 2.45. The van der Waals surface area contributed by atoms with Crippen molar-refractivity contribution in [2.75, 3.05) is 0 Å². The molecule has 0 radical (unpaired) electrons. The van der Waals surface area contributed by atoms with Crippen LogP contribution in [-0.2, 0) is 12.8 Å². The van der Waals surface area contributed by atoms with Crippen LogP contribution in [0.2, 0.25) is 0 Å². The first-order valence-electron chi connectivity index (χ1n) is 6.10. The summed E-state index contributed by atoms with van der Waals surface area (Å²) in [5, 5.41) is 23.2. The van der Waals surface area contributed by atoms with Gasteiger partial charge in [0, 0.05) is 5.56 Å². The van der Waals surface area contributed by atoms with E-state index >= 15 is 0 Å². The third-order valence-electron chi connectivity index (χ3n) is 3.36. The van der Waals surface area contributed by atoms with E-state index in [0.717, 1.165) is 42.6 Å². The van der Waals surface area contributed by atoms with Gasteiger partial charge in [0.05, 0.1) is 11.4 Å². The highest BCUT2D eigenvalue weighted by atomic mass is 16.3. The number of aryl methyl sites for hydroxylation is 1. The van der Waals surface area contributed by atoms with Crippen LogP contribution in [0.15, 0.2) is 24.3 Å². The van der Waals surface area contributed by atoms with Crippen LogP contribution in [-0.4, -0.2) is 14.9 Å². The first kappa shape index (κ1) is 10.8. The van der Waals surface area contributed by atoms with E-state index < -0.39 is 0 Å². The van der Waals surface area contributed by atoms with Crippen LogP contribution < -0.4 is 0 Å². The Bertz CT molecular complexity index is 620. The summed E-state index contributed by atoms with van der Waals surface area (Å²) < 4.78 is 1.69. The summed E-state index contributed by atoms with van der Waals surface area (Å²) in [7, 11) is 0. The standard InChI is InChI=1S/C14H13N3O/c15-9-14-12-3-1-2-4-13(12)16-17(14)10-5-7-11(18)8-6-10/h5-8,18H,1-4H2. The number of benzene rings is 1. The lowest BCUT2D eigenvalue weighted by molar-refractivity contribution is 0.475. The molecule has 0 atom stereocenters. The van der Waals surface area contributed by atoms with Crippen molar-refractivity contribution in [1.82, 2.24) is 9.78 Å². The molecule has 0 fully saturated rings. The Hall–Kier alpha value is -2.28. The molecule has 1 N–H and O–H groups in total. The maximum Gasteiger partial charge on any atom is 0.147 e. The number of fused-ring (bicyclic) bond motifs is 1. The van der Waals surface area contributed by atoms with Crippen molar-refractivity contribution in [3.05, 3.63) is 41.2 Å². The maximum atomic E-state index is 9.32. The zero-order valence-corrected chi connectivity index (χ0v) is 9.93. The van der Waals surface area contributed by atoms with Crippen LogP contribution in [0, 0.1) is 11.3 Å². The number of nitrogens with zero attached hydrogens (tertiary/aromatic N) is 3. The van der Waals surface area contributed by atoms with Gasteiger partial charge in [0.1, 0.15) is 17.5 Å². The highest BCUT2D eigenvalue weighted by Crippen LogP contribution is 2.26. The van der Waals surface area contributed by atoms with Crippen molar-refractivity contribution in [2.24, 2.45) is 0 Å². The Kier molecular flexibility index (Phi) is 2.52. The molecule has 0 spiro atoms. The van der Waals surface area contributed by atoms with E-state index in [0.29, 0.717) is 5.69 Å². The van der Waals surface area contributed by atoms with Crippen molar-refractivity contribution in [1.29, 1.82) is 5.26 Å². The molecular formula is C14H13N3O. The fraction of sp³-hybridized carbons (Fsp3) is 0.286. The smallest absolute Gasteiger partial charge is 0.147 e. The van der Waals surface area contributed by atoms with E-state index in [2.05, 4.69) is 11.2 Å². The molecule has 0 bridgehead atoms. The predicted molar refractivity (Wildman–Crippen MR) is 66.6 cm³/mol. The summed E-state index contributed by atoms with van der Waals surface area (Å²) in [5.41, 5.74) is 3.59. The summed E-state index contributed by atoms with van der Waals surface area (Å²) in [5.74, 6) is 0.217. The highest BCUT2D eigenvalue weighted by Gasteiger charge is 2.20. The predicted octanol–water partition coefficient (Wildman–Crippen LogP) is 2.33. The van der Waals surface area contributed by atoms with Crippen molar-refractivity contribution >= 4 is 0 Å². The van der Waals surface area contributed by atoms with Gasteiger partial charge in [-0.1, -0.05) is 0 Å². The molecule has 4 nitrogen and oxygen atoms in total. The van der Waals surface area contributed by atoms with Crippen LogP contribution in [0.25, 0.3) is 5.69 Å². The molecule has 4 heteroatoms. The molecule has 2 aromatic rings. The topological polar surface area (TPSA) is 61.8 Å². The van der Waals surface area contributed by atoms with Crippen molar-refractivity contribution in [3.63, 3.8) is 0 Å². The van der Waals surface area contributed by atoms with Crippen LogP contribution in [0.4, 0.5) is 0 Å². The average Bonchev–Trinajstić information content (AvgIpc) is 2.78. The van der Waals surface area contributed by atoms with Crippen molar-refractivity contribution in [2.45, 2.75) is 25.7 Å². The van der Waals surface area contributed by atoms with Gasteiger partial charge in [-0.15, -0.1) is 0 Å². The summed E-state index contributed by atoms with van der Waals surface area (Å²) in [6.45, 7) is 0. The monoisotopic (exact) mass is 239 g/mol. The van der Waals surface area contributed by atoms with Crippen LogP contribution in [0.5, 0.6) is 5.75 Å². The second-order valence-corrected chi connectivity index (χ2v) is 4.52. The zero-order chi connectivity index (χ0) is 12.5. The van der Waals surface area contributed by atoms with Crippen LogP contribution in [0.1, 0.15) is 29.8 Å². The number of rotatable bonds is 1. The Labute approximate surface area is 105 Å². The third kappa shape index (κ3) is 1.65. The van der Waals surface area contributed by atoms with E-state index in [4.69, 9.17) is 0 Å². The van der Waals surface area contributed by atoms with Gasteiger partial charge in [0.25, 0.3) is 0 Å². The van der Waals surface area contributed by atoms with E-state index in [-0.39, 0.29) is 5.75 Å². The molecule has 0 amide bonds. The molecule has 0 saturated heterocycles. The van der Waals surface area contributed by atoms with Gasteiger partial charge < -0.3 is 5.11 Å². The number of aromatic hydroxyl groups is 1. The molecule has 1 aromatic heterocycles. The van der Waals surface area contributed by atoms with E-state index in [1.807, 2.05) is 0 Å². The van der Waals surface area contributed by atoms with Gasteiger partial charge in [0.15, 0.2) is 0 Å². The number of phenols is 1. The molecular weight excluding hydrogens is 226 g/mol. The van der Waals surface area contributed by atoms with Gasteiger partial charge in [-0.25, -0.2) is 4.68 Å². The van der Waals surface area contributed by atoms with Gasteiger partial charge in [-0.05, 0) is 49.9 Å². The fourth-order valence-electron chi connectivity index (χ4n) is 2.45. The number of aromatic nitrogens is 2. The largest absolute Gasteiger partial charge is 0.508 e. The second kappa shape index (κ2) is 4.19. The first-order chi connectivity index (χ1) is 8.79. The summed E-state index contributed by atoms with van der Waals surface area (Å²) >= 11 is 0. The molecule has 0 unspecified atom stereocenters. The van der Waals surface area contributed by atoms with Crippen LogP contribution >= 0.6 is 0 Å². The molecule has 1 aliphatic rings. The quantitative estimate of drug-likeness (QED) is 0.830. The van der Waals surface area contributed by atoms with Gasteiger partial charge >= 0.3 is 0 Å². The van der Waals surface area contributed by atoms with Crippen LogP contribution in [0.3, 0.4) is 0 Å². The van der Waals surface area contributed by atoms with E-state index in [9.17, 15) is 10.4 Å². The molecule has 3 rings (SSSR count). The Balaban J connectivity index is 2.15. The molecule has 1 aromatic carbocycles. The summed E-state index contributed by atoms with van der Waals surface area (Å²) in [6.07, 6.45) is 4.17. The SMILES string of the molecule is N#Cc1c2c(nn1-c1ccc(O)cc1)CCCC2. The lowest BCUT2D eigenvalue weighted by Crippen LogP contribution is -2.01. The van der Waals surface area contributed by atoms with Gasteiger partial charge in [-0.3, -0.25) is 0 Å². The second-order valence-electron chi connectivity index (χ2n) is 4.52. The minimum absolute atomic E-state index is 0.217. The summed E-state index contributed by atoms with van der Waals surface area (Å²) in [4.78, 5) is 0. The number of hydrogen-bond donors (Lipinski definition) is 1. The van der Waals surface area contributed by atoms with Crippen molar-refractivity contribution < 1.29 is 5.11 Å². The average molecular weight is 239 g/mol. The molecule has 18 heavy (non-hydrogen) atoms. The first-order valence-corrected chi connectivity index (χ1v) is 6.10. The maximum absolute atomic E-state index is 9.32. The van der Waals surface area contributed by atoms with E-state index in [1.165, 1.54) is 0 Å². The molecule has 1 heterocycles. The molecule has 0 aliphatic heterocycles. The Morgan fingerprint density at radius 2 is 1.89 bits per heavy atom. The molecule has 90 valence electrons. The minimum Gasteiger partial charge on any atom is -0.508 e. The number of hydrogen-bond acceptors (Lipinski definition) is 3. The lowest BCUT2D eigenvalue weighted by Gasteiger charge is -2.07. The number of nitriles is 1. The van der Waals surface area contributed by atoms with E-state index in [1.54, 1.807) is 28.9 Å². The Morgan fingerprint density at radius 3 is 2.61 bits per heavy atom. The lowest BCUT2D eigenvalue weighted by atomic mass is 9.96.